The molecule has 0 saturated carbocycles. The summed E-state index contributed by atoms with van der Waals surface area (Å²) in [7, 11) is 0. The van der Waals surface area contributed by atoms with Gasteiger partial charge in [0.25, 0.3) is 5.91 Å². The topological polar surface area (TPSA) is 72.2 Å². The fourth-order valence-corrected chi connectivity index (χ4v) is 4.25. The van der Waals surface area contributed by atoms with Crippen molar-refractivity contribution in [1.82, 2.24) is 20.2 Å². The minimum absolute atomic E-state index is 0.149. The molecular formula is C26H22BrN5OS. The summed E-state index contributed by atoms with van der Waals surface area (Å²) in [5.41, 5.74) is 6.64. The van der Waals surface area contributed by atoms with Gasteiger partial charge in [-0.2, -0.15) is 5.10 Å². The first-order chi connectivity index (χ1) is 16.6. The van der Waals surface area contributed by atoms with E-state index in [1.807, 2.05) is 102 Å². The van der Waals surface area contributed by atoms with E-state index in [0.717, 1.165) is 32.7 Å². The van der Waals surface area contributed by atoms with Crippen molar-refractivity contribution in [3.05, 3.63) is 101 Å². The SMILES string of the molecule is Cc1ccc(-n2c(SCC(=O)N/N=C/C(Br)=C/c3ccccc3)nnc2-c2ccccc2)cc1. The van der Waals surface area contributed by atoms with Crippen LogP contribution in [0.3, 0.4) is 0 Å². The first kappa shape index (κ1) is 23.7. The number of benzene rings is 3. The van der Waals surface area contributed by atoms with Gasteiger partial charge in [-0.25, -0.2) is 5.43 Å². The Morgan fingerprint density at radius 1 is 1.00 bits per heavy atom. The number of allylic oxidation sites excluding steroid dienone is 1. The molecule has 1 heterocycles. The van der Waals surface area contributed by atoms with Crippen LogP contribution in [0.15, 0.2) is 99.7 Å². The van der Waals surface area contributed by atoms with E-state index >= 15 is 0 Å². The number of amides is 1. The molecule has 1 N–H and O–H groups in total. The second-order valence-corrected chi connectivity index (χ2v) is 9.22. The van der Waals surface area contributed by atoms with E-state index in [0.29, 0.717) is 5.16 Å². The first-order valence-electron chi connectivity index (χ1n) is 10.5. The van der Waals surface area contributed by atoms with Crippen LogP contribution in [0.5, 0.6) is 0 Å². The zero-order valence-electron chi connectivity index (χ0n) is 18.4. The lowest BCUT2D eigenvalue weighted by Crippen LogP contribution is -2.19. The predicted molar refractivity (Wildman–Crippen MR) is 142 cm³/mol. The maximum Gasteiger partial charge on any atom is 0.250 e. The molecule has 0 fully saturated rings. The largest absolute Gasteiger partial charge is 0.272 e. The molecule has 0 aliphatic rings. The van der Waals surface area contributed by atoms with Crippen molar-refractivity contribution >= 4 is 45.9 Å². The molecular weight excluding hydrogens is 510 g/mol. The summed E-state index contributed by atoms with van der Waals surface area (Å²) < 4.78 is 2.72. The van der Waals surface area contributed by atoms with Crippen LogP contribution in [-0.2, 0) is 4.79 Å². The van der Waals surface area contributed by atoms with E-state index in [9.17, 15) is 4.79 Å². The van der Waals surface area contributed by atoms with Crippen molar-refractivity contribution in [3.63, 3.8) is 0 Å². The summed E-state index contributed by atoms with van der Waals surface area (Å²) in [4.78, 5) is 12.4. The molecule has 170 valence electrons. The number of hydrogen-bond donors (Lipinski definition) is 1. The number of carbonyl (C=O) groups excluding carboxylic acids is 1. The Morgan fingerprint density at radius 2 is 1.68 bits per heavy atom. The molecule has 4 rings (SSSR count). The first-order valence-corrected chi connectivity index (χ1v) is 12.3. The van der Waals surface area contributed by atoms with Crippen LogP contribution >= 0.6 is 27.7 Å². The molecule has 4 aromatic rings. The predicted octanol–water partition coefficient (Wildman–Crippen LogP) is 5.87. The van der Waals surface area contributed by atoms with Gasteiger partial charge >= 0.3 is 0 Å². The fourth-order valence-electron chi connectivity index (χ4n) is 3.14. The third kappa shape index (κ3) is 6.30. The highest BCUT2D eigenvalue weighted by atomic mass is 79.9. The highest BCUT2D eigenvalue weighted by Crippen LogP contribution is 2.28. The lowest BCUT2D eigenvalue weighted by atomic mass is 10.2. The van der Waals surface area contributed by atoms with Crippen LogP contribution < -0.4 is 5.43 Å². The Balaban J connectivity index is 1.45. The maximum absolute atomic E-state index is 12.4. The minimum atomic E-state index is -0.235. The number of hydrogen-bond acceptors (Lipinski definition) is 5. The molecule has 6 nitrogen and oxygen atoms in total. The summed E-state index contributed by atoms with van der Waals surface area (Å²) in [6.45, 7) is 2.04. The van der Waals surface area contributed by atoms with Gasteiger partial charge in [0.2, 0.25) is 0 Å². The van der Waals surface area contributed by atoms with Gasteiger partial charge in [-0.1, -0.05) is 90.1 Å². The Labute approximate surface area is 210 Å². The van der Waals surface area contributed by atoms with Crippen LogP contribution in [-0.4, -0.2) is 32.6 Å². The molecule has 0 spiro atoms. The number of thioether (sulfide) groups is 1. The standard InChI is InChI=1S/C26H22BrN5OS/c1-19-12-14-23(15-13-19)32-25(21-10-6-3-7-11-21)30-31-26(32)34-18-24(33)29-28-17-22(27)16-20-8-4-2-5-9-20/h2-17H,18H2,1H3,(H,29,33)/b22-16-,28-17+. The average Bonchev–Trinajstić information content (AvgIpc) is 3.28. The van der Waals surface area contributed by atoms with Gasteiger partial charge in [-0.3, -0.25) is 9.36 Å². The van der Waals surface area contributed by atoms with Crippen LogP contribution in [0.25, 0.3) is 23.2 Å². The monoisotopic (exact) mass is 531 g/mol. The quantitative estimate of drug-likeness (QED) is 0.175. The zero-order chi connectivity index (χ0) is 23.8. The van der Waals surface area contributed by atoms with Crippen LogP contribution in [0.4, 0.5) is 0 Å². The van der Waals surface area contributed by atoms with Gasteiger partial charge in [-0.05, 0) is 46.6 Å². The Hall–Kier alpha value is -3.49. The summed E-state index contributed by atoms with van der Waals surface area (Å²) in [5.74, 6) is 0.636. The number of hydrazone groups is 1. The Kier molecular flexibility index (Phi) is 8.06. The van der Waals surface area contributed by atoms with Gasteiger partial charge in [0.05, 0.1) is 12.0 Å². The Morgan fingerprint density at radius 3 is 2.38 bits per heavy atom. The van der Waals surface area contributed by atoms with Crippen molar-refractivity contribution in [3.8, 4) is 17.1 Å². The van der Waals surface area contributed by atoms with Gasteiger partial charge in [-0.15, -0.1) is 10.2 Å². The number of nitrogens with zero attached hydrogens (tertiary/aromatic N) is 4. The minimum Gasteiger partial charge on any atom is -0.272 e. The van der Waals surface area contributed by atoms with Gasteiger partial charge < -0.3 is 0 Å². The average molecular weight is 532 g/mol. The van der Waals surface area contributed by atoms with E-state index < -0.39 is 0 Å². The number of nitrogens with one attached hydrogen (secondary N) is 1. The summed E-state index contributed by atoms with van der Waals surface area (Å²) >= 11 is 4.75. The lowest BCUT2D eigenvalue weighted by Gasteiger charge is -2.10. The van der Waals surface area contributed by atoms with Crippen molar-refractivity contribution in [2.24, 2.45) is 5.10 Å². The molecule has 3 aromatic carbocycles. The van der Waals surface area contributed by atoms with Crippen molar-refractivity contribution in [2.75, 3.05) is 5.75 Å². The van der Waals surface area contributed by atoms with Gasteiger partial charge in [0.15, 0.2) is 11.0 Å². The van der Waals surface area contributed by atoms with E-state index in [1.54, 1.807) is 6.21 Å². The maximum atomic E-state index is 12.4. The van der Waals surface area contributed by atoms with E-state index in [1.165, 1.54) is 11.8 Å². The van der Waals surface area contributed by atoms with Crippen molar-refractivity contribution in [1.29, 1.82) is 0 Å². The summed E-state index contributed by atoms with van der Waals surface area (Å²) in [6, 6.07) is 27.9. The van der Waals surface area contributed by atoms with Gasteiger partial charge in [0.1, 0.15) is 0 Å². The highest BCUT2D eigenvalue weighted by Gasteiger charge is 2.17. The third-order valence-electron chi connectivity index (χ3n) is 4.77. The van der Waals surface area contributed by atoms with E-state index in [4.69, 9.17) is 0 Å². The molecule has 0 unspecified atom stereocenters. The van der Waals surface area contributed by atoms with E-state index in [2.05, 4.69) is 36.7 Å². The zero-order valence-corrected chi connectivity index (χ0v) is 20.8. The second kappa shape index (κ2) is 11.6. The molecule has 0 radical (unpaired) electrons. The molecule has 1 aromatic heterocycles. The summed E-state index contributed by atoms with van der Waals surface area (Å²) in [5, 5.41) is 13.4. The normalized spacial score (nSPS) is 11.6. The smallest absolute Gasteiger partial charge is 0.250 e. The second-order valence-electron chi connectivity index (χ2n) is 7.36. The number of carbonyl (C=O) groups is 1. The van der Waals surface area contributed by atoms with Crippen LogP contribution in [0.2, 0.25) is 0 Å². The summed E-state index contributed by atoms with van der Waals surface area (Å²) in [6.07, 6.45) is 3.47. The van der Waals surface area contributed by atoms with Crippen LogP contribution in [0, 0.1) is 6.92 Å². The number of halogens is 1. The molecule has 8 heteroatoms. The number of rotatable bonds is 8. The highest BCUT2D eigenvalue weighted by molar-refractivity contribution is 9.12. The molecule has 0 saturated heterocycles. The van der Waals surface area contributed by atoms with Crippen LogP contribution in [0.1, 0.15) is 11.1 Å². The lowest BCUT2D eigenvalue weighted by molar-refractivity contribution is -0.118. The fraction of sp³-hybridized carbons (Fsp3) is 0.0769. The Bertz CT molecular complexity index is 1300. The number of aromatic nitrogens is 3. The third-order valence-corrected chi connectivity index (χ3v) is 6.13. The molecule has 34 heavy (non-hydrogen) atoms. The molecule has 0 atom stereocenters. The molecule has 1 amide bonds. The number of aryl methyl sites for hydroxylation is 1. The van der Waals surface area contributed by atoms with E-state index in [-0.39, 0.29) is 11.7 Å². The van der Waals surface area contributed by atoms with Gasteiger partial charge in [0, 0.05) is 15.7 Å². The van der Waals surface area contributed by atoms with Crippen molar-refractivity contribution < 1.29 is 4.79 Å². The van der Waals surface area contributed by atoms with Crippen molar-refractivity contribution in [2.45, 2.75) is 12.1 Å². The molecule has 0 bridgehead atoms. The molecule has 0 aliphatic heterocycles. The molecule has 0 aliphatic carbocycles.